The normalized spacial score (nSPS) is 19.2. The molecule has 2 aromatic rings. The summed E-state index contributed by atoms with van der Waals surface area (Å²) in [5.74, 6) is 0.866. The number of hydrogen-bond acceptors (Lipinski definition) is 5. The molecule has 0 spiro atoms. The Morgan fingerprint density at radius 3 is 2.46 bits per heavy atom. The van der Waals surface area contributed by atoms with Gasteiger partial charge in [-0.25, -0.2) is 9.97 Å². The van der Waals surface area contributed by atoms with E-state index >= 15 is 0 Å². The molecule has 0 saturated carbocycles. The molecule has 0 bridgehead atoms. The van der Waals surface area contributed by atoms with Crippen molar-refractivity contribution in [1.29, 1.82) is 0 Å². The fourth-order valence-corrected chi connectivity index (χ4v) is 5.25. The fraction of sp³-hybridized carbons (Fsp3) is 0.577. The van der Waals surface area contributed by atoms with Crippen molar-refractivity contribution in [2.24, 2.45) is 0 Å². The first kappa shape index (κ1) is 25.4. The zero-order valence-electron chi connectivity index (χ0n) is 20.7. The van der Waals surface area contributed by atoms with Crippen molar-refractivity contribution < 1.29 is 18.0 Å². The number of hydrogen-bond donors (Lipinski definition) is 0. The van der Waals surface area contributed by atoms with Gasteiger partial charge in [0.1, 0.15) is 12.1 Å². The number of halogens is 3. The maximum absolute atomic E-state index is 13.6. The number of benzene rings is 1. The summed E-state index contributed by atoms with van der Waals surface area (Å²) in [5, 5.41) is 0. The molecule has 1 saturated heterocycles. The Bertz CT molecular complexity index is 1020. The lowest BCUT2D eigenvalue weighted by atomic mass is 9.95. The van der Waals surface area contributed by atoms with E-state index in [2.05, 4.69) is 33.6 Å². The molecule has 0 N–H and O–H groups in total. The van der Waals surface area contributed by atoms with Crippen LogP contribution in [0.15, 0.2) is 30.6 Å². The summed E-state index contributed by atoms with van der Waals surface area (Å²) in [5.41, 5.74) is 2.28. The summed E-state index contributed by atoms with van der Waals surface area (Å²) < 4.78 is 39.2. The highest BCUT2D eigenvalue weighted by Crippen LogP contribution is 2.37. The van der Waals surface area contributed by atoms with Crippen molar-refractivity contribution in [3.63, 3.8) is 0 Å². The van der Waals surface area contributed by atoms with Gasteiger partial charge in [-0.15, -0.1) is 0 Å². The van der Waals surface area contributed by atoms with E-state index in [9.17, 15) is 18.0 Å². The summed E-state index contributed by atoms with van der Waals surface area (Å²) in [7, 11) is 1.95. The van der Waals surface area contributed by atoms with Crippen molar-refractivity contribution in [2.75, 3.05) is 51.2 Å². The van der Waals surface area contributed by atoms with Gasteiger partial charge < -0.3 is 14.7 Å². The van der Waals surface area contributed by atoms with Crippen LogP contribution in [0.5, 0.6) is 0 Å². The zero-order valence-corrected chi connectivity index (χ0v) is 20.7. The van der Waals surface area contributed by atoms with Crippen LogP contribution in [0.3, 0.4) is 0 Å². The minimum atomic E-state index is -4.40. The summed E-state index contributed by atoms with van der Waals surface area (Å²) >= 11 is 0. The van der Waals surface area contributed by atoms with Crippen LogP contribution in [-0.4, -0.2) is 72.0 Å². The van der Waals surface area contributed by atoms with Gasteiger partial charge in [0.05, 0.1) is 11.5 Å². The first-order chi connectivity index (χ1) is 16.7. The van der Waals surface area contributed by atoms with Gasteiger partial charge in [-0.2, -0.15) is 13.2 Å². The molecule has 2 atom stereocenters. The van der Waals surface area contributed by atoms with Crippen molar-refractivity contribution in [3.05, 3.63) is 53.0 Å². The molecule has 0 radical (unpaired) electrons. The van der Waals surface area contributed by atoms with Crippen LogP contribution in [0.25, 0.3) is 0 Å². The minimum Gasteiger partial charge on any atom is -0.353 e. The molecular formula is C26H34F3N5O. The van der Waals surface area contributed by atoms with Gasteiger partial charge in [0, 0.05) is 44.0 Å². The molecule has 9 heteroatoms. The molecule has 190 valence electrons. The number of fused-ring (bicyclic) bond motifs is 1. The SMILES string of the molecule is CCCN(C)C[C@@H](C(=O)N1CCN(c2ncnc3c2[C@H](C)CC3)CC1)c1ccc(C(F)(F)F)cc1. The lowest BCUT2D eigenvalue weighted by molar-refractivity contribution is -0.137. The molecule has 1 aromatic carbocycles. The highest BCUT2D eigenvalue weighted by atomic mass is 19.4. The summed E-state index contributed by atoms with van der Waals surface area (Å²) in [6, 6.07) is 5.05. The highest BCUT2D eigenvalue weighted by molar-refractivity contribution is 5.84. The molecule has 4 rings (SSSR count). The number of amides is 1. The Morgan fingerprint density at radius 2 is 1.83 bits per heavy atom. The van der Waals surface area contributed by atoms with Crippen molar-refractivity contribution in [1.82, 2.24) is 19.8 Å². The van der Waals surface area contributed by atoms with Crippen LogP contribution in [-0.2, 0) is 17.4 Å². The monoisotopic (exact) mass is 489 g/mol. The number of anilines is 1. The van der Waals surface area contributed by atoms with Crippen molar-refractivity contribution >= 4 is 11.7 Å². The van der Waals surface area contributed by atoms with Crippen LogP contribution < -0.4 is 4.90 Å². The van der Waals surface area contributed by atoms with E-state index in [1.54, 1.807) is 6.33 Å². The molecule has 1 aliphatic carbocycles. The molecule has 1 aliphatic heterocycles. The third-order valence-electron chi connectivity index (χ3n) is 7.18. The number of alkyl halides is 3. The smallest absolute Gasteiger partial charge is 0.353 e. The van der Waals surface area contributed by atoms with E-state index in [1.807, 2.05) is 11.9 Å². The molecule has 2 heterocycles. The third-order valence-corrected chi connectivity index (χ3v) is 7.18. The van der Waals surface area contributed by atoms with Crippen LogP contribution >= 0.6 is 0 Å². The van der Waals surface area contributed by atoms with E-state index in [4.69, 9.17) is 0 Å². The van der Waals surface area contributed by atoms with Gasteiger partial charge in [-0.1, -0.05) is 26.0 Å². The standard InChI is InChI=1S/C26H34F3N5O/c1-4-11-32(3)16-21(19-6-8-20(9-7-19)26(27,28)29)25(35)34-14-12-33(13-15-34)24-23-18(2)5-10-22(23)30-17-31-24/h6-9,17-18,21H,4-5,10-16H2,1-3H3/t18-,21-/m1/s1. The number of aromatic nitrogens is 2. The predicted molar refractivity (Wildman–Crippen MR) is 130 cm³/mol. The Labute approximate surface area is 205 Å². The molecule has 6 nitrogen and oxygen atoms in total. The second-order valence-corrected chi connectivity index (χ2v) is 9.74. The lowest BCUT2D eigenvalue weighted by Gasteiger charge is -2.38. The number of piperazine rings is 1. The van der Waals surface area contributed by atoms with Crippen molar-refractivity contribution in [3.8, 4) is 0 Å². The van der Waals surface area contributed by atoms with E-state index in [1.165, 1.54) is 17.7 Å². The summed E-state index contributed by atoms with van der Waals surface area (Å²) in [6.45, 7) is 8.01. The topological polar surface area (TPSA) is 52.6 Å². The molecule has 1 aromatic heterocycles. The molecule has 35 heavy (non-hydrogen) atoms. The van der Waals surface area contributed by atoms with Crippen LogP contribution in [0.2, 0.25) is 0 Å². The van der Waals surface area contributed by atoms with Gasteiger partial charge in [0.2, 0.25) is 5.91 Å². The maximum atomic E-state index is 13.6. The van der Waals surface area contributed by atoms with Gasteiger partial charge in [0.15, 0.2) is 0 Å². The Hall–Kier alpha value is -2.68. The van der Waals surface area contributed by atoms with Crippen LogP contribution in [0.1, 0.15) is 60.9 Å². The second kappa shape index (κ2) is 10.5. The number of carbonyl (C=O) groups excluding carboxylic acids is 1. The first-order valence-corrected chi connectivity index (χ1v) is 12.4. The molecule has 2 aliphatic rings. The Kier molecular flexibility index (Phi) is 7.64. The van der Waals surface area contributed by atoms with Gasteiger partial charge >= 0.3 is 6.18 Å². The molecular weight excluding hydrogens is 455 g/mol. The number of likely N-dealkylation sites (N-methyl/N-ethyl adjacent to an activating group) is 1. The van der Waals surface area contributed by atoms with Gasteiger partial charge in [-0.05, 0) is 56.5 Å². The average Bonchev–Trinajstić information content (AvgIpc) is 3.23. The first-order valence-electron chi connectivity index (χ1n) is 12.4. The van der Waals surface area contributed by atoms with E-state index in [0.717, 1.165) is 49.5 Å². The molecule has 1 amide bonds. The van der Waals surface area contributed by atoms with E-state index in [-0.39, 0.29) is 5.91 Å². The average molecular weight is 490 g/mol. The van der Waals surface area contributed by atoms with E-state index < -0.39 is 17.7 Å². The summed E-state index contributed by atoms with van der Waals surface area (Å²) in [6.07, 6.45) is 0.231. The Balaban J connectivity index is 1.49. The Morgan fingerprint density at radius 1 is 1.14 bits per heavy atom. The van der Waals surface area contributed by atoms with Crippen LogP contribution in [0.4, 0.5) is 19.0 Å². The minimum absolute atomic E-state index is 0.0337. The lowest BCUT2D eigenvalue weighted by Crippen LogP contribution is -2.51. The van der Waals surface area contributed by atoms with Crippen LogP contribution in [0, 0.1) is 0 Å². The third kappa shape index (κ3) is 5.60. The fourth-order valence-electron chi connectivity index (χ4n) is 5.25. The molecule has 0 unspecified atom stereocenters. The highest BCUT2D eigenvalue weighted by Gasteiger charge is 2.34. The van der Waals surface area contributed by atoms with E-state index in [0.29, 0.717) is 44.2 Å². The van der Waals surface area contributed by atoms with Gasteiger partial charge in [-0.3, -0.25) is 4.79 Å². The maximum Gasteiger partial charge on any atom is 0.416 e. The quantitative estimate of drug-likeness (QED) is 0.580. The summed E-state index contributed by atoms with van der Waals surface area (Å²) in [4.78, 5) is 28.8. The van der Waals surface area contributed by atoms with Gasteiger partial charge in [0.25, 0.3) is 0 Å². The van der Waals surface area contributed by atoms with Crippen molar-refractivity contribution in [2.45, 2.75) is 51.1 Å². The largest absolute Gasteiger partial charge is 0.416 e. The molecule has 1 fully saturated rings. The zero-order chi connectivity index (χ0) is 25.2. The number of nitrogens with zero attached hydrogens (tertiary/aromatic N) is 5. The predicted octanol–water partition coefficient (Wildman–Crippen LogP) is 4.32. The number of rotatable bonds is 7. The number of aryl methyl sites for hydroxylation is 1. The number of carbonyl (C=O) groups is 1. The second-order valence-electron chi connectivity index (χ2n) is 9.74.